The van der Waals surface area contributed by atoms with Gasteiger partial charge in [-0.25, -0.2) is 0 Å². The molecule has 16 heavy (non-hydrogen) atoms. The van der Waals surface area contributed by atoms with Crippen LogP contribution < -0.4 is 0 Å². The fourth-order valence-electron chi connectivity index (χ4n) is 2.81. The van der Waals surface area contributed by atoms with E-state index in [1.165, 1.54) is 0 Å². The van der Waals surface area contributed by atoms with E-state index in [0.29, 0.717) is 12.5 Å². The highest BCUT2D eigenvalue weighted by Crippen LogP contribution is 2.34. The first kappa shape index (κ1) is 11.0. The molecule has 4 heteroatoms. The summed E-state index contributed by atoms with van der Waals surface area (Å²) in [5.74, 6) is 0. The standard InChI is InChI=1S/C12H20O4/c1-7-10(15-7)5-8(13)11-6-12-9(16-11)3-2-4-14-12/h7-13H,2-6H2,1H3/t7-,8-,9-,10-,11+,12+/m1/s1. The molecule has 3 saturated heterocycles. The van der Waals surface area contributed by atoms with Gasteiger partial charge in [-0.3, -0.25) is 0 Å². The van der Waals surface area contributed by atoms with E-state index >= 15 is 0 Å². The molecular weight excluding hydrogens is 208 g/mol. The van der Waals surface area contributed by atoms with E-state index in [1.54, 1.807) is 0 Å². The minimum absolute atomic E-state index is 0.0514. The molecule has 1 N–H and O–H groups in total. The topological polar surface area (TPSA) is 51.2 Å². The van der Waals surface area contributed by atoms with Crippen molar-refractivity contribution in [2.75, 3.05) is 6.61 Å². The largest absolute Gasteiger partial charge is 0.390 e. The Hall–Kier alpha value is -0.160. The van der Waals surface area contributed by atoms with Crippen LogP contribution in [0.5, 0.6) is 0 Å². The molecule has 0 aromatic carbocycles. The van der Waals surface area contributed by atoms with Gasteiger partial charge in [-0.2, -0.15) is 0 Å². The van der Waals surface area contributed by atoms with Gasteiger partial charge in [0.15, 0.2) is 0 Å². The van der Waals surface area contributed by atoms with E-state index in [2.05, 4.69) is 0 Å². The van der Waals surface area contributed by atoms with E-state index in [9.17, 15) is 5.11 Å². The maximum absolute atomic E-state index is 10.1. The van der Waals surface area contributed by atoms with Crippen molar-refractivity contribution in [3.8, 4) is 0 Å². The summed E-state index contributed by atoms with van der Waals surface area (Å²) in [5, 5.41) is 10.1. The van der Waals surface area contributed by atoms with Gasteiger partial charge in [0, 0.05) is 19.4 Å². The third-order valence-electron chi connectivity index (χ3n) is 3.93. The van der Waals surface area contributed by atoms with Crippen LogP contribution in [0.4, 0.5) is 0 Å². The minimum atomic E-state index is -0.399. The molecule has 3 aliphatic heterocycles. The molecule has 0 aliphatic carbocycles. The third-order valence-corrected chi connectivity index (χ3v) is 3.93. The van der Waals surface area contributed by atoms with Gasteiger partial charge in [-0.05, 0) is 19.8 Å². The maximum atomic E-state index is 10.1. The summed E-state index contributed by atoms with van der Waals surface area (Å²) in [6.45, 7) is 2.88. The Morgan fingerprint density at radius 3 is 2.81 bits per heavy atom. The summed E-state index contributed by atoms with van der Waals surface area (Å²) in [4.78, 5) is 0. The number of hydrogen-bond acceptors (Lipinski definition) is 4. The predicted octanol–water partition coefficient (Wildman–Crippen LogP) is 0.861. The zero-order chi connectivity index (χ0) is 11.1. The number of ether oxygens (including phenoxy) is 3. The van der Waals surface area contributed by atoms with Crippen LogP contribution in [0.15, 0.2) is 0 Å². The summed E-state index contributed by atoms with van der Waals surface area (Å²) in [6.07, 6.45) is 4.22. The monoisotopic (exact) mass is 228 g/mol. The Morgan fingerprint density at radius 2 is 2.12 bits per heavy atom. The molecule has 4 nitrogen and oxygen atoms in total. The lowest BCUT2D eigenvalue weighted by molar-refractivity contribution is -0.0787. The summed E-state index contributed by atoms with van der Waals surface area (Å²) >= 11 is 0. The van der Waals surface area contributed by atoms with Gasteiger partial charge < -0.3 is 19.3 Å². The first-order valence-electron chi connectivity index (χ1n) is 6.34. The molecule has 0 bridgehead atoms. The first-order valence-corrected chi connectivity index (χ1v) is 6.34. The minimum Gasteiger partial charge on any atom is -0.390 e. The van der Waals surface area contributed by atoms with Crippen molar-refractivity contribution in [2.45, 2.75) is 69.2 Å². The van der Waals surface area contributed by atoms with Crippen molar-refractivity contribution in [3.63, 3.8) is 0 Å². The fraction of sp³-hybridized carbons (Fsp3) is 1.00. The molecule has 0 saturated carbocycles. The highest BCUT2D eigenvalue weighted by Gasteiger charge is 2.44. The fourth-order valence-corrected chi connectivity index (χ4v) is 2.81. The highest BCUT2D eigenvalue weighted by molar-refractivity contribution is 4.92. The van der Waals surface area contributed by atoms with Crippen LogP contribution in [0.1, 0.15) is 32.6 Å². The molecule has 6 atom stereocenters. The van der Waals surface area contributed by atoms with Crippen LogP contribution in [0, 0.1) is 0 Å². The van der Waals surface area contributed by atoms with Gasteiger partial charge in [0.25, 0.3) is 0 Å². The number of hydrogen-bond donors (Lipinski definition) is 1. The maximum Gasteiger partial charge on any atom is 0.0865 e. The van der Waals surface area contributed by atoms with E-state index in [4.69, 9.17) is 14.2 Å². The molecule has 0 aromatic heterocycles. The van der Waals surface area contributed by atoms with Crippen LogP contribution in [0.2, 0.25) is 0 Å². The van der Waals surface area contributed by atoms with E-state index < -0.39 is 6.10 Å². The molecule has 3 fully saturated rings. The zero-order valence-corrected chi connectivity index (χ0v) is 9.67. The quantitative estimate of drug-likeness (QED) is 0.728. The van der Waals surface area contributed by atoms with Crippen LogP contribution in [0.25, 0.3) is 0 Å². The SMILES string of the molecule is C[C@H]1O[C@@H]1C[C@@H](O)[C@@H]1C[C@@H]2OCCC[C@H]2O1. The molecule has 3 aliphatic rings. The first-order chi connectivity index (χ1) is 7.74. The average Bonchev–Trinajstić information content (AvgIpc) is 2.82. The summed E-state index contributed by atoms with van der Waals surface area (Å²) in [5.41, 5.74) is 0. The van der Waals surface area contributed by atoms with Crippen molar-refractivity contribution in [1.29, 1.82) is 0 Å². The number of aliphatic hydroxyl groups excluding tert-OH is 1. The Morgan fingerprint density at radius 1 is 1.31 bits per heavy atom. The van der Waals surface area contributed by atoms with Crippen molar-refractivity contribution in [1.82, 2.24) is 0 Å². The molecule has 0 aromatic rings. The van der Waals surface area contributed by atoms with Gasteiger partial charge in [0.05, 0.1) is 36.6 Å². The predicted molar refractivity (Wildman–Crippen MR) is 57.2 cm³/mol. The Balaban J connectivity index is 1.51. The van der Waals surface area contributed by atoms with E-state index in [-0.39, 0.29) is 24.4 Å². The van der Waals surface area contributed by atoms with Crippen molar-refractivity contribution in [2.24, 2.45) is 0 Å². The second-order valence-electron chi connectivity index (χ2n) is 5.18. The number of aliphatic hydroxyl groups is 1. The normalized spacial score (nSPS) is 48.8. The zero-order valence-electron chi connectivity index (χ0n) is 9.67. The van der Waals surface area contributed by atoms with Crippen molar-refractivity contribution in [3.05, 3.63) is 0 Å². The van der Waals surface area contributed by atoms with Gasteiger partial charge in [0.2, 0.25) is 0 Å². The molecule has 0 amide bonds. The number of epoxide rings is 1. The number of fused-ring (bicyclic) bond motifs is 1. The summed E-state index contributed by atoms with van der Waals surface area (Å²) in [7, 11) is 0. The third kappa shape index (κ3) is 2.12. The Bertz CT molecular complexity index is 243. The molecule has 0 unspecified atom stereocenters. The molecule has 3 rings (SSSR count). The Kier molecular flexibility index (Phi) is 2.92. The van der Waals surface area contributed by atoms with Crippen LogP contribution in [0.3, 0.4) is 0 Å². The van der Waals surface area contributed by atoms with Crippen LogP contribution >= 0.6 is 0 Å². The van der Waals surface area contributed by atoms with Gasteiger partial charge >= 0.3 is 0 Å². The lowest BCUT2D eigenvalue weighted by Crippen LogP contribution is -2.29. The molecule has 0 spiro atoms. The van der Waals surface area contributed by atoms with Crippen LogP contribution in [-0.4, -0.2) is 48.3 Å². The van der Waals surface area contributed by atoms with Gasteiger partial charge in [-0.1, -0.05) is 0 Å². The lowest BCUT2D eigenvalue weighted by Gasteiger charge is -2.24. The number of rotatable bonds is 3. The molecule has 3 heterocycles. The molecule has 92 valence electrons. The summed E-state index contributed by atoms with van der Waals surface area (Å²) < 4.78 is 16.8. The van der Waals surface area contributed by atoms with Gasteiger partial charge in [0.1, 0.15) is 0 Å². The second kappa shape index (κ2) is 4.26. The molecule has 0 radical (unpaired) electrons. The van der Waals surface area contributed by atoms with Crippen molar-refractivity contribution >= 4 is 0 Å². The molecular formula is C12H20O4. The smallest absolute Gasteiger partial charge is 0.0865 e. The van der Waals surface area contributed by atoms with E-state index in [0.717, 1.165) is 25.9 Å². The highest BCUT2D eigenvalue weighted by atomic mass is 16.6. The van der Waals surface area contributed by atoms with Crippen LogP contribution in [-0.2, 0) is 14.2 Å². The second-order valence-corrected chi connectivity index (χ2v) is 5.18. The van der Waals surface area contributed by atoms with Crippen molar-refractivity contribution < 1.29 is 19.3 Å². The van der Waals surface area contributed by atoms with E-state index in [1.807, 2.05) is 6.92 Å². The Labute approximate surface area is 95.9 Å². The summed E-state index contributed by atoms with van der Waals surface area (Å²) in [6, 6.07) is 0. The van der Waals surface area contributed by atoms with Gasteiger partial charge in [-0.15, -0.1) is 0 Å². The lowest BCUT2D eigenvalue weighted by atomic mass is 10.0. The average molecular weight is 228 g/mol.